The van der Waals surface area contributed by atoms with Crippen LogP contribution in [0.5, 0.6) is 0 Å². The molecule has 0 heterocycles. The molecule has 0 amide bonds. The molecule has 5 heteroatoms. The predicted molar refractivity (Wildman–Crippen MR) is 84.5 cm³/mol. The zero-order valence-corrected chi connectivity index (χ0v) is 13.2. The third-order valence-electron chi connectivity index (χ3n) is 3.67. The number of benzene rings is 2. The van der Waals surface area contributed by atoms with Gasteiger partial charge in [-0.1, -0.05) is 36.4 Å². The summed E-state index contributed by atoms with van der Waals surface area (Å²) in [6.07, 6.45) is -1.18. The second-order valence-electron chi connectivity index (χ2n) is 5.79. The highest BCUT2D eigenvalue weighted by atomic mass is 19.1. The molecule has 0 radical (unpaired) electrons. The van der Waals surface area contributed by atoms with Crippen molar-refractivity contribution in [2.24, 2.45) is 0 Å². The topological polar surface area (TPSA) is 66.8 Å². The molecule has 2 aromatic rings. The molecule has 23 heavy (non-hydrogen) atoms. The van der Waals surface area contributed by atoms with Gasteiger partial charge in [-0.25, -0.2) is 9.18 Å². The summed E-state index contributed by atoms with van der Waals surface area (Å²) in [5, 5.41) is 19.2. The molecular weight excluding hydrogens is 299 g/mol. The molecule has 0 spiro atoms. The number of hydrogen-bond donors (Lipinski definition) is 2. The number of rotatable bonds is 5. The Morgan fingerprint density at radius 1 is 1.17 bits per heavy atom. The van der Waals surface area contributed by atoms with Crippen LogP contribution in [0.15, 0.2) is 42.5 Å². The van der Waals surface area contributed by atoms with E-state index < -0.39 is 23.5 Å². The number of carboxylic acids is 1. The molecule has 122 valence electrons. The fourth-order valence-corrected chi connectivity index (χ4v) is 2.45. The van der Waals surface area contributed by atoms with Gasteiger partial charge in [0.1, 0.15) is 5.82 Å². The van der Waals surface area contributed by atoms with Gasteiger partial charge in [0.05, 0.1) is 5.60 Å². The van der Waals surface area contributed by atoms with E-state index in [9.17, 15) is 19.4 Å². The highest BCUT2D eigenvalue weighted by molar-refractivity contribution is 5.80. The summed E-state index contributed by atoms with van der Waals surface area (Å²) in [6.45, 7) is 3.14. The van der Waals surface area contributed by atoms with Crippen molar-refractivity contribution in [2.75, 3.05) is 7.11 Å². The third-order valence-corrected chi connectivity index (χ3v) is 3.67. The number of halogens is 1. The summed E-state index contributed by atoms with van der Waals surface area (Å²) in [7, 11) is 1.29. The fourth-order valence-electron chi connectivity index (χ4n) is 2.45. The number of carbonyl (C=O) groups is 1. The van der Waals surface area contributed by atoms with Crippen LogP contribution >= 0.6 is 0 Å². The van der Waals surface area contributed by atoms with Crippen LogP contribution in [0.4, 0.5) is 4.39 Å². The highest BCUT2D eigenvalue weighted by Crippen LogP contribution is 2.33. The Morgan fingerprint density at radius 3 is 2.35 bits per heavy atom. The molecule has 0 aliphatic heterocycles. The van der Waals surface area contributed by atoms with E-state index >= 15 is 0 Å². The van der Waals surface area contributed by atoms with E-state index in [-0.39, 0.29) is 5.56 Å². The van der Waals surface area contributed by atoms with Gasteiger partial charge in [0.2, 0.25) is 0 Å². The summed E-state index contributed by atoms with van der Waals surface area (Å²) < 4.78 is 19.5. The van der Waals surface area contributed by atoms with Crippen molar-refractivity contribution in [1.29, 1.82) is 0 Å². The maximum Gasteiger partial charge on any atom is 0.337 e. The van der Waals surface area contributed by atoms with Gasteiger partial charge in [-0.3, -0.25) is 0 Å². The molecule has 0 saturated heterocycles. The zero-order chi connectivity index (χ0) is 17.2. The Bertz CT molecular complexity index is 719. The zero-order valence-electron chi connectivity index (χ0n) is 13.2. The first-order valence-corrected chi connectivity index (χ1v) is 7.13. The molecule has 2 aromatic carbocycles. The Balaban J connectivity index is 2.58. The van der Waals surface area contributed by atoms with Crippen LogP contribution < -0.4 is 0 Å². The first kappa shape index (κ1) is 17.1. The molecule has 1 atom stereocenters. The fraction of sp³-hybridized carbons (Fsp3) is 0.278. The summed E-state index contributed by atoms with van der Waals surface area (Å²) in [5.41, 5.74) is 0.364. The van der Waals surface area contributed by atoms with E-state index in [0.717, 1.165) is 0 Å². The van der Waals surface area contributed by atoms with Gasteiger partial charge >= 0.3 is 5.97 Å². The van der Waals surface area contributed by atoms with Gasteiger partial charge in [0.15, 0.2) is 6.10 Å². The minimum atomic E-state index is -1.18. The van der Waals surface area contributed by atoms with E-state index in [2.05, 4.69) is 0 Å². The van der Waals surface area contributed by atoms with Crippen LogP contribution in [-0.4, -0.2) is 23.3 Å². The number of methoxy groups -OCH3 is 1. The third kappa shape index (κ3) is 3.57. The number of ether oxygens (including phenoxy) is 1. The predicted octanol–water partition coefficient (Wildman–Crippen LogP) is 3.49. The van der Waals surface area contributed by atoms with E-state index in [1.165, 1.54) is 19.2 Å². The average Bonchev–Trinajstić information content (AvgIpc) is 2.47. The number of aliphatic carboxylic acids is 1. The Kier molecular flexibility index (Phi) is 4.82. The van der Waals surface area contributed by atoms with Gasteiger partial charge in [0, 0.05) is 12.7 Å². The lowest BCUT2D eigenvalue weighted by atomic mass is 9.92. The van der Waals surface area contributed by atoms with Crippen molar-refractivity contribution in [2.45, 2.75) is 25.6 Å². The van der Waals surface area contributed by atoms with E-state index in [4.69, 9.17) is 4.74 Å². The molecule has 2 N–H and O–H groups in total. The Morgan fingerprint density at radius 2 is 1.83 bits per heavy atom. The number of hydrogen-bond acceptors (Lipinski definition) is 3. The standard InChI is InChI=1S/C18H19FO4/c1-18(2,22)11-8-9-13(15(19)10-11)12-6-4-5-7-14(12)16(23-3)17(20)21/h4-10,16,22H,1-3H3,(H,20,21). The lowest BCUT2D eigenvalue weighted by Crippen LogP contribution is -2.16. The first-order chi connectivity index (χ1) is 10.8. The summed E-state index contributed by atoms with van der Waals surface area (Å²) in [4.78, 5) is 11.3. The minimum absolute atomic E-state index is 0.261. The van der Waals surface area contributed by atoms with Crippen LogP contribution in [-0.2, 0) is 15.1 Å². The van der Waals surface area contributed by atoms with Crippen molar-refractivity contribution in [1.82, 2.24) is 0 Å². The van der Waals surface area contributed by atoms with E-state index in [0.29, 0.717) is 16.7 Å². The van der Waals surface area contributed by atoms with Crippen molar-refractivity contribution in [3.8, 4) is 11.1 Å². The second-order valence-corrected chi connectivity index (χ2v) is 5.79. The van der Waals surface area contributed by atoms with Crippen LogP contribution in [0.2, 0.25) is 0 Å². The van der Waals surface area contributed by atoms with E-state index in [1.54, 1.807) is 44.2 Å². The molecule has 4 nitrogen and oxygen atoms in total. The summed E-state index contributed by atoms with van der Waals surface area (Å²) in [6, 6.07) is 11.0. The monoisotopic (exact) mass is 318 g/mol. The Hall–Kier alpha value is -2.24. The molecule has 0 bridgehead atoms. The average molecular weight is 318 g/mol. The SMILES string of the molecule is COC(C(=O)O)c1ccccc1-c1ccc(C(C)(C)O)cc1F. The summed E-state index contributed by atoms with van der Waals surface area (Å²) >= 11 is 0. The molecule has 0 aliphatic carbocycles. The Labute approximate surface area is 134 Å². The van der Waals surface area contributed by atoms with Gasteiger partial charge < -0.3 is 14.9 Å². The molecule has 2 rings (SSSR count). The quantitative estimate of drug-likeness (QED) is 0.885. The van der Waals surface area contributed by atoms with Gasteiger partial charge in [-0.2, -0.15) is 0 Å². The van der Waals surface area contributed by atoms with Crippen LogP contribution in [0.25, 0.3) is 11.1 Å². The van der Waals surface area contributed by atoms with Crippen LogP contribution in [0, 0.1) is 5.82 Å². The van der Waals surface area contributed by atoms with Gasteiger partial charge in [-0.15, -0.1) is 0 Å². The second kappa shape index (κ2) is 6.48. The van der Waals surface area contributed by atoms with Crippen molar-refractivity contribution < 1.29 is 24.1 Å². The largest absolute Gasteiger partial charge is 0.479 e. The van der Waals surface area contributed by atoms with E-state index in [1.807, 2.05) is 0 Å². The van der Waals surface area contributed by atoms with Gasteiger partial charge in [0.25, 0.3) is 0 Å². The lowest BCUT2D eigenvalue weighted by molar-refractivity contribution is -0.148. The first-order valence-electron chi connectivity index (χ1n) is 7.13. The number of carboxylic acid groups (broad SMARTS) is 1. The van der Waals surface area contributed by atoms with Crippen molar-refractivity contribution in [3.05, 3.63) is 59.4 Å². The van der Waals surface area contributed by atoms with Crippen LogP contribution in [0.3, 0.4) is 0 Å². The maximum atomic E-state index is 14.5. The minimum Gasteiger partial charge on any atom is -0.479 e. The molecule has 1 unspecified atom stereocenters. The molecular formula is C18H19FO4. The normalized spacial score (nSPS) is 12.9. The lowest BCUT2D eigenvalue weighted by Gasteiger charge is -2.20. The highest BCUT2D eigenvalue weighted by Gasteiger charge is 2.24. The number of aliphatic hydroxyl groups is 1. The summed E-state index contributed by atoms with van der Waals surface area (Å²) in [5.74, 6) is -1.68. The van der Waals surface area contributed by atoms with Crippen molar-refractivity contribution >= 4 is 5.97 Å². The smallest absolute Gasteiger partial charge is 0.337 e. The van der Waals surface area contributed by atoms with Crippen LogP contribution in [0.1, 0.15) is 31.1 Å². The van der Waals surface area contributed by atoms with Gasteiger partial charge in [-0.05, 0) is 36.6 Å². The molecule has 0 aromatic heterocycles. The van der Waals surface area contributed by atoms with Crippen molar-refractivity contribution in [3.63, 3.8) is 0 Å². The molecule has 0 aliphatic rings. The maximum absolute atomic E-state index is 14.5. The molecule has 0 saturated carbocycles. The molecule has 0 fully saturated rings.